The minimum Gasteiger partial charge on any atom is -0.465 e. The summed E-state index contributed by atoms with van der Waals surface area (Å²) in [6.45, 7) is 3.10. The first kappa shape index (κ1) is 21.5. The molecule has 0 unspecified atom stereocenters. The summed E-state index contributed by atoms with van der Waals surface area (Å²) in [4.78, 5) is 34.3. The molecule has 0 atom stereocenters. The highest BCUT2D eigenvalue weighted by molar-refractivity contribution is 6.12. The van der Waals surface area contributed by atoms with Crippen LogP contribution in [0.25, 0.3) is 0 Å². The molecule has 2 rings (SSSR count). The molecule has 1 aromatic rings. The number of carbonyl (C=O) groups is 3. The number of hydrogen-bond acceptors (Lipinski definition) is 8. The monoisotopic (exact) mass is 397 g/mol. The molecule has 2 heterocycles. The number of carboxylic acid groups (broad SMARTS) is 1. The highest BCUT2D eigenvalue weighted by Crippen LogP contribution is 2.08. The predicted molar refractivity (Wildman–Crippen MR) is 93.2 cm³/mol. The second-order valence-corrected chi connectivity index (χ2v) is 5.64. The Hall–Kier alpha value is -2.83. The second kappa shape index (κ2) is 11.8. The zero-order valence-corrected chi connectivity index (χ0v) is 15.3. The molecule has 12 heteroatoms. The van der Waals surface area contributed by atoms with Gasteiger partial charge in [0.05, 0.1) is 58.9 Å². The fourth-order valence-electron chi connectivity index (χ4n) is 2.20. The maximum Gasteiger partial charge on any atom is 0.404 e. The van der Waals surface area contributed by atoms with Crippen molar-refractivity contribution in [3.8, 4) is 0 Å². The number of nitrogens with zero attached hydrogens (tertiary/aromatic N) is 4. The summed E-state index contributed by atoms with van der Waals surface area (Å²) < 4.78 is 17.5. The average molecular weight is 397 g/mol. The highest BCUT2D eigenvalue weighted by atomic mass is 16.5. The molecular formula is C16H23N5O7. The van der Waals surface area contributed by atoms with Crippen molar-refractivity contribution in [2.75, 3.05) is 46.2 Å². The first-order chi connectivity index (χ1) is 13.6. The molecule has 2 N–H and O–H groups in total. The largest absolute Gasteiger partial charge is 0.465 e. The summed E-state index contributed by atoms with van der Waals surface area (Å²) in [5, 5.41) is 18.4. The molecule has 0 aliphatic carbocycles. The topological polar surface area (TPSA) is 145 Å². The number of aromatic nitrogens is 3. The van der Waals surface area contributed by atoms with E-state index in [0.717, 1.165) is 4.90 Å². The van der Waals surface area contributed by atoms with Crippen LogP contribution in [0.4, 0.5) is 4.79 Å². The summed E-state index contributed by atoms with van der Waals surface area (Å²) in [6, 6.07) is 0. The van der Waals surface area contributed by atoms with Crippen molar-refractivity contribution >= 4 is 17.9 Å². The lowest BCUT2D eigenvalue weighted by molar-refractivity contribution is -0.137. The van der Waals surface area contributed by atoms with Gasteiger partial charge in [-0.25, -0.2) is 9.48 Å². The first-order valence-corrected chi connectivity index (χ1v) is 8.69. The summed E-state index contributed by atoms with van der Waals surface area (Å²) in [5.41, 5.74) is 0.521. The molecule has 28 heavy (non-hydrogen) atoms. The zero-order valence-electron chi connectivity index (χ0n) is 15.3. The van der Waals surface area contributed by atoms with Gasteiger partial charge >= 0.3 is 6.09 Å². The number of ether oxygens (including phenoxy) is 3. The van der Waals surface area contributed by atoms with Gasteiger partial charge in [-0.3, -0.25) is 14.5 Å². The first-order valence-electron chi connectivity index (χ1n) is 8.69. The van der Waals surface area contributed by atoms with Gasteiger partial charge in [0.15, 0.2) is 0 Å². The number of amides is 3. The third-order valence-corrected chi connectivity index (χ3v) is 3.54. The molecule has 0 bridgehead atoms. The quantitative estimate of drug-likeness (QED) is 0.299. The van der Waals surface area contributed by atoms with Gasteiger partial charge in [0, 0.05) is 18.7 Å². The van der Waals surface area contributed by atoms with Crippen LogP contribution in [0.15, 0.2) is 18.3 Å². The van der Waals surface area contributed by atoms with E-state index in [9.17, 15) is 14.4 Å². The lowest BCUT2D eigenvalue weighted by Gasteiger charge is -2.10. The summed E-state index contributed by atoms with van der Waals surface area (Å²) in [7, 11) is 0. The van der Waals surface area contributed by atoms with Crippen LogP contribution in [0, 0.1) is 0 Å². The van der Waals surface area contributed by atoms with Crippen LogP contribution in [0.1, 0.15) is 5.69 Å². The van der Waals surface area contributed by atoms with E-state index in [4.69, 9.17) is 19.3 Å². The van der Waals surface area contributed by atoms with E-state index >= 15 is 0 Å². The van der Waals surface area contributed by atoms with Crippen molar-refractivity contribution in [3.05, 3.63) is 24.0 Å². The molecule has 1 aliphatic rings. The van der Waals surface area contributed by atoms with Crippen molar-refractivity contribution in [3.63, 3.8) is 0 Å². The Balaban J connectivity index is 1.45. The van der Waals surface area contributed by atoms with E-state index in [1.165, 1.54) is 12.2 Å². The molecule has 0 radical (unpaired) electrons. The molecule has 1 aliphatic heterocycles. The van der Waals surface area contributed by atoms with E-state index < -0.39 is 6.09 Å². The summed E-state index contributed by atoms with van der Waals surface area (Å²) in [5.74, 6) is -0.713. The van der Waals surface area contributed by atoms with Crippen molar-refractivity contribution < 1.29 is 33.7 Å². The van der Waals surface area contributed by atoms with Crippen molar-refractivity contribution in [1.82, 2.24) is 25.2 Å². The van der Waals surface area contributed by atoms with Gasteiger partial charge < -0.3 is 24.6 Å². The van der Waals surface area contributed by atoms with Crippen LogP contribution < -0.4 is 5.32 Å². The van der Waals surface area contributed by atoms with Crippen molar-refractivity contribution in [1.29, 1.82) is 0 Å². The van der Waals surface area contributed by atoms with Gasteiger partial charge in [0.2, 0.25) is 0 Å². The van der Waals surface area contributed by atoms with E-state index in [1.54, 1.807) is 10.9 Å². The van der Waals surface area contributed by atoms with Crippen molar-refractivity contribution in [2.45, 2.75) is 13.1 Å². The lowest BCUT2D eigenvalue weighted by atomic mass is 10.4. The van der Waals surface area contributed by atoms with Crippen LogP contribution in [0.3, 0.4) is 0 Å². The SMILES string of the molecule is O=C(O)NCCOCCOCCOCCn1cc(CN2C(=O)C=CC2=O)nn1. The Morgan fingerprint density at radius 1 is 1.00 bits per heavy atom. The summed E-state index contributed by atoms with van der Waals surface area (Å²) in [6.07, 6.45) is 3.04. The van der Waals surface area contributed by atoms with Gasteiger partial charge in [-0.15, -0.1) is 5.10 Å². The maximum atomic E-state index is 11.5. The Bertz CT molecular complexity index is 673. The Labute approximate surface area is 161 Å². The fraction of sp³-hybridized carbons (Fsp3) is 0.562. The van der Waals surface area contributed by atoms with Crippen molar-refractivity contribution in [2.24, 2.45) is 0 Å². The fourth-order valence-corrected chi connectivity index (χ4v) is 2.20. The zero-order chi connectivity index (χ0) is 20.2. The summed E-state index contributed by atoms with van der Waals surface area (Å²) >= 11 is 0. The standard InChI is InChI=1S/C16H23N5O7/c22-14-1-2-15(23)21(14)12-13-11-20(19-18-13)4-6-27-8-10-28-9-7-26-5-3-17-16(24)25/h1-2,11,17H,3-10,12H2,(H,24,25). The highest BCUT2D eigenvalue weighted by Gasteiger charge is 2.24. The Morgan fingerprint density at radius 2 is 1.61 bits per heavy atom. The number of hydrogen-bond donors (Lipinski definition) is 2. The molecular weight excluding hydrogens is 374 g/mol. The van der Waals surface area contributed by atoms with Gasteiger partial charge in [0.1, 0.15) is 5.69 Å². The molecule has 3 amide bonds. The van der Waals surface area contributed by atoms with Crippen LogP contribution in [-0.2, 0) is 36.9 Å². The molecule has 0 spiro atoms. The smallest absolute Gasteiger partial charge is 0.404 e. The molecule has 0 fully saturated rings. The Morgan fingerprint density at radius 3 is 2.25 bits per heavy atom. The second-order valence-electron chi connectivity index (χ2n) is 5.64. The van der Waals surface area contributed by atoms with E-state index in [-0.39, 0.29) is 24.9 Å². The molecule has 0 aromatic carbocycles. The van der Waals surface area contributed by atoms with Gasteiger partial charge in [-0.05, 0) is 0 Å². The molecule has 0 saturated heterocycles. The maximum absolute atomic E-state index is 11.5. The van der Waals surface area contributed by atoms with Crippen LogP contribution in [0.5, 0.6) is 0 Å². The van der Waals surface area contributed by atoms with E-state index in [1.807, 2.05) is 0 Å². The predicted octanol–water partition coefficient (Wildman–Crippen LogP) is -0.979. The minimum atomic E-state index is -1.08. The van der Waals surface area contributed by atoms with Crippen LogP contribution in [-0.4, -0.2) is 89.1 Å². The third-order valence-electron chi connectivity index (χ3n) is 3.54. The van der Waals surface area contributed by atoms with Crippen LogP contribution in [0.2, 0.25) is 0 Å². The minimum absolute atomic E-state index is 0.0911. The lowest BCUT2D eigenvalue weighted by Crippen LogP contribution is -2.29. The van der Waals surface area contributed by atoms with Gasteiger partial charge in [0.25, 0.3) is 11.8 Å². The van der Waals surface area contributed by atoms with E-state index in [0.29, 0.717) is 51.9 Å². The number of carbonyl (C=O) groups excluding carboxylic acids is 2. The number of rotatable bonds is 14. The molecule has 1 aromatic heterocycles. The third kappa shape index (κ3) is 7.82. The van der Waals surface area contributed by atoms with Gasteiger partial charge in [-0.1, -0.05) is 5.21 Å². The normalized spacial score (nSPS) is 13.5. The Kier molecular flexibility index (Phi) is 9.04. The van der Waals surface area contributed by atoms with Crippen LogP contribution >= 0.6 is 0 Å². The molecule has 154 valence electrons. The molecule has 0 saturated carbocycles. The molecule has 12 nitrogen and oxygen atoms in total. The number of nitrogens with one attached hydrogen (secondary N) is 1. The number of imide groups is 1. The average Bonchev–Trinajstić information content (AvgIpc) is 3.24. The van der Waals surface area contributed by atoms with E-state index in [2.05, 4.69) is 15.6 Å². The van der Waals surface area contributed by atoms with Gasteiger partial charge in [-0.2, -0.15) is 0 Å².